The molecular weight excluding hydrogens is 419 g/mol. The number of hydrogen-bond donors (Lipinski definition) is 3. The molecule has 3 N–H and O–H groups in total. The Kier molecular flexibility index (Phi) is 6.87. The Bertz CT molecular complexity index is 985. The smallest absolute Gasteiger partial charge is 0.254 e. The molecule has 0 radical (unpaired) electrons. The number of carbonyl (C=O) groups is 2. The normalized spacial score (nSPS) is 21.8. The average Bonchev–Trinajstić information content (AvgIpc) is 3.28. The molecule has 9 heteroatoms. The predicted octanol–water partition coefficient (Wildman–Crippen LogP) is 2.01. The van der Waals surface area contributed by atoms with Gasteiger partial charge < -0.3 is 30.0 Å². The summed E-state index contributed by atoms with van der Waals surface area (Å²) in [5.74, 6) is -0.216. The fourth-order valence-electron chi connectivity index (χ4n) is 3.89. The van der Waals surface area contributed by atoms with Crippen molar-refractivity contribution in [1.82, 2.24) is 10.6 Å². The molecule has 2 aromatic rings. The quantitative estimate of drug-likeness (QED) is 0.603. The maximum Gasteiger partial charge on any atom is 0.254 e. The van der Waals surface area contributed by atoms with Gasteiger partial charge in [-0.1, -0.05) is 12.1 Å². The van der Waals surface area contributed by atoms with Gasteiger partial charge in [-0.25, -0.2) is 4.39 Å². The highest BCUT2D eigenvalue weighted by Crippen LogP contribution is 2.32. The van der Waals surface area contributed by atoms with Crippen LogP contribution in [0.25, 0.3) is 0 Å². The SMILES string of the molecule is O=C(N[C@@H]1CC[C@H](CCNC(=O)c2ccccc2F)O[C@H]1CO)c1ccc2c(c1)OCO2. The second-order valence-corrected chi connectivity index (χ2v) is 7.73. The zero-order chi connectivity index (χ0) is 22.5. The van der Waals surface area contributed by atoms with Crippen molar-refractivity contribution in [3.8, 4) is 11.5 Å². The third-order valence-corrected chi connectivity index (χ3v) is 5.62. The van der Waals surface area contributed by atoms with Gasteiger partial charge in [0.05, 0.1) is 24.3 Å². The topological polar surface area (TPSA) is 106 Å². The van der Waals surface area contributed by atoms with Crippen LogP contribution in [0.3, 0.4) is 0 Å². The largest absolute Gasteiger partial charge is 0.454 e. The molecule has 8 nitrogen and oxygen atoms in total. The number of amides is 2. The van der Waals surface area contributed by atoms with Gasteiger partial charge >= 0.3 is 0 Å². The van der Waals surface area contributed by atoms with Gasteiger partial charge in [-0.15, -0.1) is 0 Å². The first-order chi connectivity index (χ1) is 15.5. The van der Waals surface area contributed by atoms with Crippen LogP contribution < -0.4 is 20.1 Å². The van der Waals surface area contributed by atoms with Gasteiger partial charge in [0, 0.05) is 12.1 Å². The fraction of sp³-hybridized carbons (Fsp3) is 0.391. The van der Waals surface area contributed by atoms with Gasteiger partial charge in [0.2, 0.25) is 6.79 Å². The van der Waals surface area contributed by atoms with Crippen molar-refractivity contribution >= 4 is 11.8 Å². The van der Waals surface area contributed by atoms with E-state index in [4.69, 9.17) is 14.2 Å². The van der Waals surface area contributed by atoms with Crippen LogP contribution in [0.5, 0.6) is 11.5 Å². The second kappa shape index (κ2) is 9.97. The van der Waals surface area contributed by atoms with Crippen LogP contribution in [-0.2, 0) is 4.74 Å². The van der Waals surface area contributed by atoms with E-state index in [1.165, 1.54) is 18.2 Å². The molecule has 3 atom stereocenters. The molecule has 1 saturated heterocycles. The van der Waals surface area contributed by atoms with Crippen LogP contribution >= 0.6 is 0 Å². The van der Waals surface area contributed by atoms with Gasteiger partial charge in [-0.3, -0.25) is 9.59 Å². The van der Waals surface area contributed by atoms with Crippen LogP contribution in [0.1, 0.15) is 40.0 Å². The van der Waals surface area contributed by atoms with Crippen LogP contribution in [-0.4, -0.2) is 55.1 Å². The van der Waals surface area contributed by atoms with E-state index in [9.17, 15) is 19.1 Å². The molecule has 32 heavy (non-hydrogen) atoms. The molecule has 4 rings (SSSR count). The molecule has 2 amide bonds. The van der Waals surface area contributed by atoms with E-state index < -0.39 is 17.8 Å². The van der Waals surface area contributed by atoms with Gasteiger partial charge in [0.1, 0.15) is 11.9 Å². The first-order valence-corrected chi connectivity index (χ1v) is 10.5. The number of rotatable bonds is 7. The predicted molar refractivity (Wildman–Crippen MR) is 112 cm³/mol. The van der Waals surface area contributed by atoms with Crippen molar-refractivity contribution in [2.24, 2.45) is 0 Å². The summed E-state index contributed by atoms with van der Waals surface area (Å²) >= 11 is 0. The first kappa shape index (κ1) is 22.0. The lowest BCUT2D eigenvalue weighted by atomic mass is 9.96. The highest BCUT2D eigenvalue weighted by Gasteiger charge is 2.32. The summed E-state index contributed by atoms with van der Waals surface area (Å²) in [6, 6.07) is 10.4. The Morgan fingerprint density at radius 1 is 1.06 bits per heavy atom. The summed E-state index contributed by atoms with van der Waals surface area (Å²) in [6.07, 6.45) is 1.03. The van der Waals surface area contributed by atoms with E-state index in [2.05, 4.69) is 10.6 Å². The minimum Gasteiger partial charge on any atom is -0.454 e. The Labute approximate surface area is 184 Å². The summed E-state index contributed by atoms with van der Waals surface area (Å²) < 4.78 is 30.2. The Morgan fingerprint density at radius 2 is 1.88 bits per heavy atom. The number of benzene rings is 2. The maximum absolute atomic E-state index is 13.7. The number of carbonyl (C=O) groups excluding carboxylic acids is 2. The summed E-state index contributed by atoms with van der Waals surface area (Å²) in [5, 5.41) is 15.4. The maximum atomic E-state index is 13.7. The molecular formula is C23H25FN2O6. The van der Waals surface area contributed by atoms with Gasteiger partial charge in [-0.05, 0) is 49.6 Å². The molecule has 0 aromatic heterocycles. The lowest BCUT2D eigenvalue weighted by molar-refractivity contribution is -0.0893. The molecule has 2 heterocycles. The summed E-state index contributed by atoms with van der Waals surface area (Å²) in [4.78, 5) is 24.8. The minimum absolute atomic E-state index is 0.00316. The highest BCUT2D eigenvalue weighted by molar-refractivity contribution is 5.95. The molecule has 2 aliphatic heterocycles. The van der Waals surface area contributed by atoms with Crippen LogP contribution in [0.2, 0.25) is 0 Å². The monoisotopic (exact) mass is 444 g/mol. The first-order valence-electron chi connectivity index (χ1n) is 10.5. The van der Waals surface area contributed by atoms with E-state index in [1.54, 1.807) is 24.3 Å². The van der Waals surface area contributed by atoms with E-state index in [0.717, 1.165) is 0 Å². The van der Waals surface area contributed by atoms with Crippen LogP contribution in [0, 0.1) is 5.82 Å². The molecule has 2 aliphatic rings. The minimum atomic E-state index is -0.569. The zero-order valence-corrected chi connectivity index (χ0v) is 17.4. The van der Waals surface area contributed by atoms with Crippen molar-refractivity contribution in [3.05, 3.63) is 59.4 Å². The van der Waals surface area contributed by atoms with E-state index in [1.807, 2.05) is 0 Å². The van der Waals surface area contributed by atoms with Crippen molar-refractivity contribution < 1.29 is 33.3 Å². The lowest BCUT2D eigenvalue weighted by Crippen LogP contribution is -2.51. The van der Waals surface area contributed by atoms with Crippen molar-refractivity contribution in [2.75, 3.05) is 19.9 Å². The van der Waals surface area contributed by atoms with Crippen molar-refractivity contribution in [2.45, 2.75) is 37.5 Å². The Hall–Kier alpha value is -3.17. The molecule has 0 unspecified atom stereocenters. The molecule has 0 spiro atoms. The number of fused-ring (bicyclic) bond motifs is 1. The molecule has 170 valence electrons. The molecule has 2 aromatic carbocycles. The number of hydrogen-bond acceptors (Lipinski definition) is 6. The number of halogens is 1. The van der Waals surface area contributed by atoms with Gasteiger partial charge in [-0.2, -0.15) is 0 Å². The lowest BCUT2D eigenvalue weighted by Gasteiger charge is -2.36. The van der Waals surface area contributed by atoms with Crippen LogP contribution in [0.15, 0.2) is 42.5 Å². The highest BCUT2D eigenvalue weighted by atomic mass is 19.1. The molecule has 0 saturated carbocycles. The number of ether oxygens (including phenoxy) is 3. The Morgan fingerprint density at radius 3 is 2.69 bits per heavy atom. The molecule has 0 bridgehead atoms. The third-order valence-electron chi connectivity index (χ3n) is 5.62. The average molecular weight is 444 g/mol. The summed E-state index contributed by atoms with van der Waals surface area (Å²) in [5.41, 5.74) is 0.431. The second-order valence-electron chi connectivity index (χ2n) is 7.73. The van der Waals surface area contributed by atoms with E-state index >= 15 is 0 Å². The number of nitrogens with one attached hydrogen (secondary N) is 2. The fourth-order valence-corrected chi connectivity index (χ4v) is 3.89. The third kappa shape index (κ3) is 5.00. The Balaban J connectivity index is 1.26. The van der Waals surface area contributed by atoms with Gasteiger partial charge in [0.25, 0.3) is 11.8 Å². The van der Waals surface area contributed by atoms with Crippen LogP contribution in [0.4, 0.5) is 4.39 Å². The van der Waals surface area contributed by atoms with E-state index in [0.29, 0.717) is 42.9 Å². The van der Waals surface area contributed by atoms with Crippen molar-refractivity contribution in [3.63, 3.8) is 0 Å². The summed E-state index contributed by atoms with van der Waals surface area (Å²) in [6.45, 7) is 0.194. The molecule has 0 aliphatic carbocycles. The summed E-state index contributed by atoms with van der Waals surface area (Å²) in [7, 11) is 0. The van der Waals surface area contributed by atoms with E-state index in [-0.39, 0.29) is 37.0 Å². The van der Waals surface area contributed by atoms with Gasteiger partial charge in [0.15, 0.2) is 11.5 Å². The number of aliphatic hydroxyl groups is 1. The molecule has 1 fully saturated rings. The van der Waals surface area contributed by atoms with Crippen molar-refractivity contribution in [1.29, 1.82) is 0 Å². The standard InChI is InChI=1S/C23H25FN2O6/c24-17-4-2-1-3-16(17)23(29)25-10-9-15-6-7-18(21(12-27)32-15)26-22(28)14-5-8-19-20(11-14)31-13-30-19/h1-5,8,11,15,18,21,27H,6-7,9-10,12-13H2,(H,25,29)(H,26,28)/t15-,18-,21+/m1/s1. The zero-order valence-electron chi connectivity index (χ0n) is 17.4. The number of aliphatic hydroxyl groups excluding tert-OH is 1.